The molecule has 0 aliphatic rings. The maximum atomic E-state index is 10.9. The van der Waals surface area contributed by atoms with Gasteiger partial charge in [-0.25, -0.2) is 9.78 Å². The number of aromatic nitrogens is 2. The maximum absolute atomic E-state index is 10.9. The zero-order chi connectivity index (χ0) is 8.97. The van der Waals surface area contributed by atoms with Gasteiger partial charge in [0.1, 0.15) is 6.33 Å². The van der Waals surface area contributed by atoms with Gasteiger partial charge in [0.25, 0.3) is 0 Å². The molecule has 1 rings (SSSR count). The van der Waals surface area contributed by atoms with E-state index >= 15 is 0 Å². The summed E-state index contributed by atoms with van der Waals surface area (Å²) in [5, 5.41) is 8.45. The summed E-state index contributed by atoms with van der Waals surface area (Å²) in [5.74, 6) is -0.615. The van der Waals surface area contributed by atoms with Crippen LogP contribution in [0.5, 0.6) is 0 Å². The summed E-state index contributed by atoms with van der Waals surface area (Å²) < 4.78 is 1.15. The fourth-order valence-corrected chi connectivity index (χ4v) is 0.521. The lowest BCUT2D eigenvalue weighted by Crippen LogP contribution is -2.18. The smallest absolute Gasteiger partial charge is 0.362 e. The summed E-state index contributed by atoms with van der Waals surface area (Å²) in [4.78, 5) is 19.3. The standard InChI is InChI=1S/C7H8N2O3/c1-6(4-10)7(11)12-9-3-2-8-5-9/h2-5,10H,1H3. The zero-order valence-electron chi connectivity index (χ0n) is 6.47. The van der Waals surface area contributed by atoms with Gasteiger partial charge >= 0.3 is 5.97 Å². The Labute approximate surface area is 68.9 Å². The summed E-state index contributed by atoms with van der Waals surface area (Å²) in [5.41, 5.74) is 0.128. The Balaban J connectivity index is 2.59. The first kappa shape index (κ1) is 8.32. The van der Waals surface area contributed by atoms with Gasteiger partial charge in [-0.15, -0.1) is 0 Å². The van der Waals surface area contributed by atoms with Crippen LogP contribution < -0.4 is 4.84 Å². The van der Waals surface area contributed by atoms with Gasteiger partial charge < -0.3 is 9.94 Å². The molecular formula is C7H8N2O3. The Morgan fingerprint density at radius 2 is 2.50 bits per heavy atom. The third-order valence-electron chi connectivity index (χ3n) is 1.18. The van der Waals surface area contributed by atoms with Gasteiger partial charge in [0, 0.05) is 6.20 Å². The van der Waals surface area contributed by atoms with Crippen LogP contribution in [0, 0.1) is 0 Å². The molecule has 5 nitrogen and oxygen atoms in total. The van der Waals surface area contributed by atoms with E-state index in [4.69, 9.17) is 9.94 Å². The molecule has 1 N–H and O–H groups in total. The molecule has 0 radical (unpaired) electrons. The molecule has 0 aliphatic carbocycles. The highest BCUT2D eigenvalue weighted by Gasteiger charge is 2.06. The van der Waals surface area contributed by atoms with E-state index in [-0.39, 0.29) is 5.57 Å². The minimum Gasteiger partial charge on any atom is -0.515 e. The second-order valence-electron chi connectivity index (χ2n) is 2.11. The topological polar surface area (TPSA) is 64.3 Å². The number of rotatable bonds is 2. The summed E-state index contributed by atoms with van der Waals surface area (Å²) in [6, 6.07) is 0. The van der Waals surface area contributed by atoms with Crippen molar-refractivity contribution in [3.8, 4) is 0 Å². The van der Waals surface area contributed by atoms with Gasteiger partial charge in [0.05, 0.1) is 18.0 Å². The fraction of sp³-hybridized carbons (Fsp3) is 0.143. The van der Waals surface area contributed by atoms with Gasteiger partial charge in [-0.05, 0) is 6.92 Å². The predicted octanol–water partition coefficient (Wildman–Crippen LogP) is 0.300. The minimum absolute atomic E-state index is 0.128. The SMILES string of the molecule is CC(=CO)C(=O)On1ccnc1. The highest BCUT2D eigenvalue weighted by molar-refractivity contribution is 5.87. The molecule has 0 atom stereocenters. The van der Waals surface area contributed by atoms with Gasteiger partial charge in [-0.2, -0.15) is 4.73 Å². The van der Waals surface area contributed by atoms with Crippen LogP contribution in [0.25, 0.3) is 0 Å². The van der Waals surface area contributed by atoms with E-state index in [9.17, 15) is 4.79 Å². The van der Waals surface area contributed by atoms with Crippen LogP contribution >= 0.6 is 0 Å². The van der Waals surface area contributed by atoms with E-state index < -0.39 is 5.97 Å². The Hall–Kier alpha value is -1.78. The molecule has 0 spiro atoms. The number of carbonyl (C=O) groups excluding carboxylic acids is 1. The van der Waals surface area contributed by atoms with Crippen molar-refractivity contribution in [3.63, 3.8) is 0 Å². The first-order chi connectivity index (χ1) is 5.74. The first-order valence-corrected chi connectivity index (χ1v) is 3.25. The van der Waals surface area contributed by atoms with E-state index in [1.165, 1.54) is 25.6 Å². The highest BCUT2D eigenvalue weighted by atomic mass is 16.7. The third kappa shape index (κ3) is 1.85. The molecular weight excluding hydrogens is 160 g/mol. The summed E-state index contributed by atoms with van der Waals surface area (Å²) in [6.07, 6.45) is 4.98. The van der Waals surface area contributed by atoms with Gasteiger partial charge in [0.15, 0.2) is 0 Å². The van der Waals surface area contributed by atoms with Crippen molar-refractivity contribution < 1.29 is 14.7 Å². The molecule has 0 bridgehead atoms. The van der Waals surface area contributed by atoms with E-state index in [0.29, 0.717) is 6.26 Å². The van der Waals surface area contributed by atoms with Crippen LogP contribution in [0.2, 0.25) is 0 Å². The van der Waals surface area contributed by atoms with Crippen molar-refractivity contribution in [2.75, 3.05) is 0 Å². The van der Waals surface area contributed by atoms with Crippen molar-refractivity contribution in [3.05, 3.63) is 30.6 Å². The van der Waals surface area contributed by atoms with Crippen LogP contribution in [0.3, 0.4) is 0 Å². The zero-order valence-corrected chi connectivity index (χ0v) is 6.47. The quantitative estimate of drug-likeness (QED) is 0.509. The van der Waals surface area contributed by atoms with E-state index in [1.807, 2.05) is 0 Å². The van der Waals surface area contributed by atoms with Gasteiger partial charge in [-0.3, -0.25) is 0 Å². The molecule has 0 aromatic carbocycles. The maximum Gasteiger partial charge on any atom is 0.362 e. The van der Waals surface area contributed by atoms with Crippen LogP contribution in [-0.2, 0) is 4.79 Å². The number of aliphatic hydroxyl groups is 1. The van der Waals surface area contributed by atoms with Crippen molar-refractivity contribution in [1.82, 2.24) is 9.71 Å². The lowest BCUT2D eigenvalue weighted by molar-refractivity contribution is -0.139. The van der Waals surface area contributed by atoms with Crippen LogP contribution in [-0.4, -0.2) is 20.8 Å². The monoisotopic (exact) mass is 168 g/mol. The highest BCUT2D eigenvalue weighted by Crippen LogP contribution is 1.92. The molecule has 0 saturated carbocycles. The molecule has 1 aromatic heterocycles. The molecule has 5 heteroatoms. The second kappa shape index (κ2) is 3.56. The molecule has 0 fully saturated rings. The van der Waals surface area contributed by atoms with Crippen LogP contribution in [0.4, 0.5) is 0 Å². The van der Waals surface area contributed by atoms with E-state index in [0.717, 1.165) is 4.73 Å². The Bertz CT molecular complexity index is 290. The largest absolute Gasteiger partial charge is 0.515 e. The Morgan fingerprint density at radius 3 is 3.00 bits per heavy atom. The summed E-state index contributed by atoms with van der Waals surface area (Å²) in [6.45, 7) is 1.44. The average molecular weight is 168 g/mol. The number of hydrogen-bond donors (Lipinski definition) is 1. The molecule has 64 valence electrons. The number of carbonyl (C=O) groups is 1. The van der Waals surface area contributed by atoms with Crippen LogP contribution in [0.15, 0.2) is 30.6 Å². The molecule has 0 unspecified atom stereocenters. The van der Waals surface area contributed by atoms with Crippen molar-refractivity contribution in [1.29, 1.82) is 0 Å². The number of nitrogens with zero attached hydrogens (tertiary/aromatic N) is 2. The minimum atomic E-state index is -0.615. The number of aliphatic hydroxyl groups excluding tert-OH is 1. The molecule has 0 saturated heterocycles. The Morgan fingerprint density at radius 1 is 1.75 bits per heavy atom. The predicted molar refractivity (Wildman–Crippen MR) is 40.2 cm³/mol. The Kier molecular flexibility index (Phi) is 2.47. The lowest BCUT2D eigenvalue weighted by Gasteiger charge is -2.01. The van der Waals surface area contributed by atoms with Crippen molar-refractivity contribution >= 4 is 5.97 Å². The third-order valence-corrected chi connectivity index (χ3v) is 1.18. The fourth-order valence-electron chi connectivity index (χ4n) is 0.521. The molecule has 0 aliphatic heterocycles. The van der Waals surface area contributed by atoms with Gasteiger partial charge in [0.2, 0.25) is 0 Å². The first-order valence-electron chi connectivity index (χ1n) is 3.25. The van der Waals surface area contributed by atoms with Crippen molar-refractivity contribution in [2.24, 2.45) is 0 Å². The number of hydrogen-bond acceptors (Lipinski definition) is 4. The lowest BCUT2D eigenvalue weighted by atomic mass is 10.4. The number of imidazole rings is 1. The second-order valence-corrected chi connectivity index (χ2v) is 2.11. The van der Waals surface area contributed by atoms with E-state index in [2.05, 4.69) is 4.98 Å². The van der Waals surface area contributed by atoms with Gasteiger partial charge in [-0.1, -0.05) is 0 Å². The summed E-state index contributed by atoms with van der Waals surface area (Å²) >= 11 is 0. The van der Waals surface area contributed by atoms with Crippen LogP contribution in [0.1, 0.15) is 6.92 Å². The average Bonchev–Trinajstić information content (AvgIpc) is 2.55. The molecule has 12 heavy (non-hydrogen) atoms. The molecule has 1 heterocycles. The molecule has 1 aromatic rings. The summed E-state index contributed by atoms with van der Waals surface area (Å²) in [7, 11) is 0. The van der Waals surface area contributed by atoms with Crippen molar-refractivity contribution in [2.45, 2.75) is 6.92 Å². The molecule has 0 amide bonds. The van der Waals surface area contributed by atoms with E-state index in [1.54, 1.807) is 0 Å². The normalized spacial score (nSPS) is 11.2.